The minimum absolute atomic E-state index is 0.288. The van der Waals surface area contributed by atoms with Gasteiger partial charge in [0.25, 0.3) is 5.91 Å². The molecule has 1 heterocycles. The molecule has 0 spiro atoms. The summed E-state index contributed by atoms with van der Waals surface area (Å²) in [5.41, 5.74) is 5.04. The molecule has 1 aliphatic rings. The van der Waals surface area contributed by atoms with Crippen molar-refractivity contribution in [3.63, 3.8) is 0 Å². The van der Waals surface area contributed by atoms with E-state index in [9.17, 15) is 4.79 Å². The van der Waals surface area contributed by atoms with Crippen LogP contribution in [-0.4, -0.2) is 10.8 Å². The molecule has 5 heteroatoms. The summed E-state index contributed by atoms with van der Waals surface area (Å²) in [4.78, 5) is 11.0. The predicted molar refractivity (Wildman–Crippen MR) is 50.7 cm³/mol. The highest BCUT2D eigenvalue weighted by molar-refractivity contribution is 8.38. The maximum atomic E-state index is 10.7. The molecule has 11 heavy (non-hydrogen) atoms. The second-order valence-corrected chi connectivity index (χ2v) is 4.47. The van der Waals surface area contributed by atoms with E-state index in [-0.39, 0.29) is 4.86 Å². The Morgan fingerprint density at radius 1 is 1.64 bits per heavy atom. The fraction of sp³-hybridized carbons (Fsp3) is 0. The van der Waals surface area contributed by atoms with Crippen molar-refractivity contribution < 1.29 is 4.79 Å². The van der Waals surface area contributed by atoms with Gasteiger partial charge >= 0.3 is 0 Å². The Kier molecular flexibility index (Phi) is 2.76. The number of carbonyl (C=O) groups excluding carboxylic acids is 1. The Morgan fingerprint density at radius 3 is 2.64 bits per heavy atom. The van der Waals surface area contributed by atoms with Crippen LogP contribution in [0.4, 0.5) is 0 Å². The van der Waals surface area contributed by atoms with Gasteiger partial charge in [0.05, 0.1) is 9.90 Å². The van der Waals surface area contributed by atoms with Crippen LogP contribution in [0.3, 0.4) is 0 Å². The van der Waals surface area contributed by atoms with E-state index < -0.39 is 15.6 Å². The first-order valence-electron chi connectivity index (χ1n) is 2.73. The summed E-state index contributed by atoms with van der Waals surface area (Å²) in [6.07, 6.45) is 3.29. The molecule has 1 amide bonds. The average Bonchev–Trinajstić information content (AvgIpc) is 1.85. The molecule has 0 bridgehead atoms. The molecular weight excluding hydrogens is 205 g/mol. The molecule has 0 aliphatic carbocycles. The standard InChI is InChI=1S/C6H5Cl2NOS/c7-4-2-1-3-11(8)5(4)6(9)10/h1-3H,(H2,9,10). The lowest BCUT2D eigenvalue weighted by molar-refractivity contribution is -0.111. The highest BCUT2D eigenvalue weighted by atomic mass is 35.7. The first kappa shape index (κ1) is 8.84. The normalized spacial score (nSPS) is 23.3. The van der Waals surface area contributed by atoms with Gasteiger partial charge in [-0.05, 0) is 22.2 Å². The zero-order valence-corrected chi connectivity index (χ0v) is 7.71. The second kappa shape index (κ2) is 3.43. The maximum absolute atomic E-state index is 10.7. The molecule has 0 radical (unpaired) electrons. The van der Waals surface area contributed by atoms with E-state index in [1.54, 1.807) is 17.6 Å². The molecule has 0 aromatic carbocycles. The lowest BCUT2D eigenvalue weighted by atomic mass is 10.3. The van der Waals surface area contributed by atoms with Crippen LogP contribution in [0.2, 0.25) is 0 Å². The highest BCUT2D eigenvalue weighted by Gasteiger charge is 2.14. The topological polar surface area (TPSA) is 43.1 Å². The Hall–Kier alpha value is -0.250. The van der Waals surface area contributed by atoms with Crippen LogP contribution in [0.15, 0.2) is 22.6 Å². The number of carbonyl (C=O) groups is 1. The van der Waals surface area contributed by atoms with Gasteiger partial charge in [0.1, 0.15) is 0 Å². The number of hydrogen-bond donors (Lipinski definition) is 1. The third-order valence-corrected chi connectivity index (χ3v) is 3.48. The number of allylic oxidation sites excluding steroid dienone is 2. The van der Waals surface area contributed by atoms with Gasteiger partial charge in [-0.3, -0.25) is 4.79 Å². The molecule has 0 aromatic heterocycles. The van der Waals surface area contributed by atoms with E-state index >= 15 is 0 Å². The third kappa shape index (κ3) is 1.86. The van der Waals surface area contributed by atoms with Crippen molar-refractivity contribution in [1.29, 1.82) is 0 Å². The number of rotatable bonds is 1. The van der Waals surface area contributed by atoms with Crippen molar-refractivity contribution in [1.82, 2.24) is 0 Å². The summed E-state index contributed by atoms with van der Waals surface area (Å²) in [6.45, 7) is 0. The largest absolute Gasteiger partial charge is 0.365 e. The minimum atomic E-state index is -0.755. The molecular formula is C6H5Cl2NOS. The molecule has 1 atom stereocenters. The van der Waals surface area contributed by atoms with Gasteiger partial charge in [0.2, 0.25) is 0 Å². The van der Waals surface area contributed by atoms with E-state index in [1.165, 1.54) is 0 Å². The monoisotopic (exact) mass is 209 g/mol. The average molecular weight is 210 g/mol. The number of amides is 1. The highest BCUT2D eigenvalue weighted by Crippen LogP contribution is 2.30. The first-order valence-corrected chi connectivity index (χ1v) is 5.22. The van der Waals surface area contributed by atoms with Gasteiger partial charge in [-0.2, -0.15) is 0 Å². The van der Waals surface area contributed by atoms with Gasteiger partial charge in [-0.1, -0.05) is 27.4 Å². The van der Waals surface area contributed by atoms with Gasteiger partial charge in [-0.25, -0.2) is 0 Å². The lowest BCUT2D eigenvalue weighted by Crippen LogP contribution is -2.23. The molecule has 0 saturated heterocycles. The van der Waals surface area contributed by atoms with Crippen molar-refractivity contribution in [2.45, 2.75) is 0 Å². The summed E-state index contributed by atoms with van der Waals surface area (Å²) >= 11 is 5.67. The fourth-order valence-electron chi connectivity index (χ4n) is 0.643. The van der Waals surface area contributed by atoms with Crippen LogP contribution in [0.5, 0.6) is 0 Å². The Morgan fingerprint density at radius 2 is 2.27 bits per heavy atom. The quantitative estimate of drug-likeness (QED) is 0.658. The first-order chi connectivity index (χ1) is 5.13. The summed E-state index contributed by atoms with van der Waals surface area (Å²) in [7, 11) is 5.00. The van der Waals surface area contributed by atoms with E-state index in [0.717, 1.165) is 0 Å². The lowest BCUT2D eigenvalue weighted by Gasteiger charge is -2.06. The SMILES string of the molecule is NC(=O)C1=S(Cl)C=CC=C1Cl. The van der Waals surface area contributed by atoms with Crippen molar-refractivity contribution in [2.75, 3.05) is 0 Å². The van der Waals surface area contributed by atoms with Crippen LogP contribution < -0.4 is 5.73 Å². The fourth-order valence-corrected chi connectivity index (χ4v) is 2.63. The molecule has 1 unspecified atom stereocenters. The molecule has 2 N–H and O–H groups in total. The Bertz CT molecular complexity index is 293. The number of primary amides is 1. The number of hydrogen-bond acceptors (Lipinski definition) is 1. The number of nitrogens with two attached hydrogens (primary N) is 1. The van der Waals surface area contributed by atoms with Gasteiger partial charge in [0.15, 0.2) is 0 Å². The maximum Gasteiger partial charge on any atom is 0.257 e. The van der Waals surface area contributed by atoms with Crippen molar-refractivity contribution in [3.05, 3.63) is 22.6 Å². The molecule has 0 saturated carbocycles. The van der Waals surface area contributed by atoms with Crippen molar-refractivity contribution in [2.24, 2.45) is 5.73 Å². The van der Waals surface area contributed by atoms with E-state index in [2.05, 4.69) is 0 Å². The molecule has 1 aliphatic heterocycles. The van der Waals surface area contributed by atoms with Crippen LogP contribution in [0.25, 0.3) is 0 Å². The summed E-state index contributed by atoms with van der Waals surface area (Å²) in [5, 5.41) is 2.01. The van der Waals surface area contributed by atoms with Crippen LogP contribution in [0, 0.1) is 0 Å². The second-order valence-electron chi connectivity index (χ2n) is 1.82. The smallest absolute Gasteiger partial charge is 0.257 e. The summed E-state index contributed by atoms with van der Waals surface area (Å²) < 4.78 is 0. The Balaban J connectivity index is 3.17. The van der Waals surface area contributed by atoms with Crippen LogP contribution in [0.1, 0.15) is 0 Å². The minimum Gasteiger partial charge on any atom is -0.365 e. The van der Waals surface area contributed by atoms with Crippen LogP contribution >= 0.6 is 32.0 Å². The zero-order chi connectivity index (χ0) is 8.43. The molecule has 1 rings (SSSR count). The predicted octanol–water partition coefficient (Wildman–Crippen LogP) is 1.72. The molecule has 0 fully saturated rings. The van der Waals surface area contributed by atoms with E-state index in [4.69, 9.17) is 28.0 Å². The zero-order valence-electron chi connectivity index (χ0n) is 5.38. The van der Waals surface area contributed by atoms with Gasteiger partial charge in [0, 0.05) is 0 Å². The molecule has 0 aromatic rings. The summed E-state index contributed by atoms with van der Waals surface area (Å²) in [5.74, 6) is -0.561. The van der Waals surface area contributed by atoms with E-state index in [0.29, 0.717) is 5.03 Å². The van der Waals surface area contributed by atoms with Gasteiger partial charge < -0.3 is 5.73 Å². The Labute approximate surface area is 76.1 Å². The van der Waals surface area contributed by atoms with Crippen molar-refractivity contribution >= 4 is 42.8 Å². The third-order valence-electron chi connectivity index (χ3n) is 1.08. The van der Waals surface area contributed by atoms with Crippen LogP contribution in [-0.2, 0) is 4.79 Å². The summed E-state index contributed by atoms with van der Waals surface area (Å²) in [6, 6.07) is 0. The van der Waals surface area contributed by atoms with Crippen molar-refractivity contribution in [3.8, 4) is 0 Å². The van der Waals surface area contributed by atoms with E-state index in [1.807, 2.05) is 0 Å². The van der Waals surface area contributed by atoms with Gasteiger partial charge in [-0.15, -0.1) is 0 Å². The molecule has 2 nitrogen and oxygen atoms in total. The molecule has 60 valence electrons. The number of halogens is 2.